The number of hydrogen-bond donors (Lipinski definition) is 1. The first-order valence-electron chi connectivity index (χ1n) is 7.65. The van der Waals surface area contributed by atoms with Crippen LogP contribution in [-0.2, 0) is 20.9 Å². The van der Waals surface area contributed by atoms with Crippen molar-refractivity contribution in [3.05, 3.63) is 18.2 Å². The monoisotopic (exact) mass is 346 g/mol. The third kappa shape index (κ3) is 5.55. The largest absolute Gasteiger partial charge is 0.467 e. The van der Waals surface area contributed by atoms with Crippen molar-refractivity contribution in [1.29, 1.82) is 0 Å². The normalized spacial score (nSPS) is 13.8. The van der Waals surface area contributed by atoms with Crippen LogP contribution < -0.4 is 5.32 Å². The molecule has 0 radical (unpaired) electrons. The molecule has 0 aliphatic heterocycles. The molecule has 0 fully saturated rings. The Hall–Kier alpha value is -2.03. The van der Waals surface area contributed by atoms with Gasteiger partial charge in [-0.3, -0.25) is 14.3 Å². The van der Waals surface area contributed by atoms with E-state index in [1.807, 2.05) is 13.8 Å². The average Bonchev–Trinajstić information content (AvgIpc) is 2.99. The van der Waals surface area contributed by atoms with Gasteiger partial charge in [0.25, 0.3) is 0 Å². The summed E-state index contributed by atoms with van der Waals surface area (Å²) in [6.45, 7) is 1.09. The molecule has 0 bridgehead atoms. The Morgan fingerprint density at radius 1 is 1.46 bits per heavy atom. The molecule has 1 amide bonds. The lowest BCUT2D eigenvalue weighted by atomic mass is 9.99. The number of rotatable bonds is 9. The number of imidazole rings is 1. The van der Waals surface area contributed by atoms with E-state index >= 15 is 0 Å². The Morgan fingerprint density at radius 2 is 2.12 bits per heavy atom. The number of alkyl halides is 2. The molecule has 1 rings (SSSR count). The van der Waals surface area contributed by atoms with E-state index in [-0.39, 0.29) is 30.7 Å². The minimum absolute atomic E-state index is 0.0555. The lowest BCUT2D eigenvalue weighted by molar-refractivity contribution is -0.146. The molecule has 2 atom stereocenters. The van der Waals surface area contributed by atoms with Gasteiger partial charge < -0.3 is 10.1 Å². The van der Waals surface area contributed by atoms with Gasteiger partial charge in [0.2, 0.25) is 5.91 Å². The van der Waals surface area contributed by atoms with E-state index in [0.717, 1.165) is 4.57 Å². The van der Waals surface area contributed by atoms with Gasteiger partial charge >= 0.3 is 12.5 Å². The summed E-state index contributed by atoms with van der Waals surface area (Å²) in [5.41, 5.74) is 0. The summed E-state index contributed by atoms with van der Waals surface area (Å²) in [7, 11) is 2.88. The number of nitrogens with one attached hydrogen (secondary N) is 1. The Labute approximate surface area is 140 Å². The Kier molecular flexibility index (Phi) is 7.76. The number of hydrogen-bond acceptors (Lipinski definition) is 5. The Morgan fingerprint density at radius 3 is 2.67 bits per heavy atom. The summed E-state index contributed by atoms with van der Waals surface area (Å²) in [5, 5.41) is 2.64. The SMILES string of the molecule is CCC(C)C(NC(=O)CN(C)Cc1nccn1C(F)F)C(=O)OC. The van der Waals surface area contributed by atoms with Crippen LogP contribution in [0.3, 0.4) is 0 Å². The Balaban J connectivity index is 2.62. The molecule has 1 N–H and O–H groups in total. The van der Waals surface area contributed by atoms with Crippen LogP contribution >= 0.6 is 0 Å². The lowest BCUT2D eigenvalue weighted by Gasteiger charge is -2.23. The van der Waals surface area contributed by atoms with Crippen LogP contribution in [0.25, 0.3) is 0 Å². The summed E-state index contributed by atoms with van der Waals surface area (Å²) >= 11 is 0. The molecule has 1 aromatic heterocycles. The van der Waals surface area contributed by atoms with Crippen LogP contribution in [0.5, 0.6) is 0 Å². The van der Waals surface area contributed by atoms with Crippen molar-refractivity contribution >= 4 is 11.9 Å². The van der Waals surface area contributed by atoms with E-state index in [1.54, 1.807) is 11.9 Å². The zero-order chi connectivity index (χ0) is 18.3. The second kappa shape index (κ2) is 9.31. The second-order valence-corrected chi connectivity index (χ2v) is 5.65. The number of nitrogens with zero attached hydrogens (tertiary/aromatic N) is 3. The van der Waals surface area contributed by atoms with Crippen molar-refractivity contribution in [3.63, 3.8) is 0 Å². The molecule has 0 aliphatic rings. The number of ether oxygens (including phenoxy) is 1. The van der Waals surface area contributed by atoms with E-state index in [4.69, 9.17) is 4.74 Å². The molecule has 136 valence electrons. The van der Waals surface area contributed by atoms with Crippen LogP contribution in [0, 0.1) is 5.92 Å². The van der Waals surface area contributed by atoms with Crippen LogP contribution in [0.15, 0.2) is 12.4 Å². The average molecular weight is 346 g/mol. The van der Waals surface area contributed by atoms with Gasteiger partial charge in [-0.1, -0.05) is 20.3 Å². The molecule has 24 heavy (non-hydrogen) atoms. The van der Waals surface area contributed by atoms with Crippen molar-refractivity contribution in [2.24, 2.45) is 5.92 Å². The van der Waals surface area contributed by atoms with Gasteiger partial charge in [0.1, 0.15) is 11.9 Å². The smallest absolute Gasteiger partial charge is 0.328 e. The minimum atomic E-state index is -2.68. The zero-order valence-electron chi connectivity index (χ0n) is 14.3. The van der Waals surface area contributed by atoms with E-state index in [9.17, 15) is 18.4 Å². The highest BCUT2D eigenvalue weighted by Gasteiger charge is 2.27. The van der Waals surface area contributed by atoms with Crippen molar-refractivity contribution in [2.45, 2.75) is 39.4 Å². The number of methoxy groups -OCH3 is 1. The molecule has 7 nitrogen and oxygen atoms in total. The van der Waals surface area contributed by atoms with Gasteiger partial charge in [-0.25, -0.2) is 9.78 Å². The van der Waals surface area contributed by atoms with Crippen molar-refractivity contribution in [1.82, 2.24) is 19.8 Å². The number of aromatic nitrogens is 2. The molecular weight excluding hydrogens is 322 g/mol. The topological polar surface area (TPSA) is 76.5 Å². The lowest BCUT2D eigenvalue weighted by Crippen LogP contribution is -2.48. The van der Waals surface area contributed by atoms with E-state index in [0.29, 0.717) is 6.42 Å². The molecule has 0 aromatic carbocycles. The Bertz CT molecular complexity index is 551. The maximum Gasteiger partial charge on any atom is 0.328 e. The zero-order valence-corrected chi connectivity index (χ0v) is 14.3. The predicted molar refractivity (Wildman–Crippen MR) is 83.2 cm³/mol. The molecule has 0 saturated carbocycles. The molecule has 2 unspecified atom stereocenters. The third-order valence-electron chi connectivity index (χ3n) is 3.77. The molecule has 0 spiro atoms. The van der Waals surface area contributed by atoms with E-state index < -0.39 is 18.6 Å². The van der Waals surface area contributed by atoms with Crippen LogP contribution in [0.4, 0.5) is 8.78 Å². The highest BCUT2D eigenvalue weighted by atomic mass is 19.3. The minimum Gasteiger partial charge on any atom is -0.467 e. The van der Waals surface area contributed by atoms with Crippen molar-refractivity contribution in [3.8, 4) is 0 Å². The van der Waals surface area contributed by atoms with Gasteiger partial charge in [0.15, 0.2) is 0 Å². The fourth-order valence-corrected chi connectivity index (χ4v) is 2.20. The standard InChI is InChI=1S/C15H24F2N4O3/c1-5-10(2)13(14(23)24-4)19-12(22)9-20(3)8-11-18-6-7-21(11)15(16)17/h6-7,10,13,15H,5,8-9H2,1-4H3,(H,19,22). The number of carbonyl (C=O) groups excluding carboxylic acids is 2. The number of amides is 1. The van der Waals surface area contributed by atoms with Crippen LogP contribution in [0.2, 0.25) is 0 Å². The molecule has 9 heteroatoms. The first-order valence-corrected chi connectivity index (χ1v) is 7.65. The van der Waals surface area contributed by atoms with Crippen LogP contribution in [-0.4, -0.2) is 53.1 Å². The highest BCUT2D eigenvalue weighted by Crippen LogP contribution is 2.13. The van der Waals surface area contributed by atoms with Gasteiger partial charge in [0, 0.05) is 12.4 Å². The van der Waals surface area contributed by atoms with Crippen molar-refractivity contribution < 1.29 is 23.1 Å². The number of esters is 1. The first-order chi connectivity index (χ1) is 11.3. The number of carbonyl (C=O) groups is 2. The predicted octanol–water partition coefficient (Wildman–Crippen LogP) is 1.41. The van der Waals surface area contributed by atoms with E-state index in [1.165, 1.54) is 19.5 Å². The van der Waals surface area contributed by atoms with Gasteiger partial charge in [-0.05, 0) is 13.0 Å². The van der Waals surface area contributed by atoms with Crippen molar-refractivity contribution in [2.75, 3.05) is 20.7 Å². The summed E-state index contributed by atoms with van der Waals surface area (Å²) in [6, 6.07) is -0.732. The van der Waals surface area contributed by atoms with Crippen LogP contribution in [0.1, 0.15) is 32.6 Å². The van der Waals surface area contributed by atoms with Gasteiger partial charge in [0.05, 0.1) is 20.2 Å². The molecule has 0 saturated heterocycles. The quantitative estimate of drug-likeness (QED) is 0.684. The highest BCUT2D eigenvalue weighted by molar-refractivity contribution is 5.85. The summed E-state index contributed by atoms with van der Waals surface area (Å²) in [6.07, 6.45) is 3.16. The fraction of sp³-hybridized carbons (Fsp3) is 0.667. The van der Waals surface area contributed by atoms with E-state index in [2.05, 4.69) is 10.3 Å². The molecule has 1 heterocycles. The third-order valence-corrected chi connectivity index (χ3v) is 3.77. The number of likely N-dealkylation sites (N-methyl/N-ethyl adjacent to an activating group) is 1. The maximum atomic E-state index is 12.8. The fourth-order valence-electron chi connectivity index (χ4n) is 2.20. The van der Waals surface area contributed by atoms with Gasteiger partial charge in [-0.15, -0.1) is 0 Å². The molecular formula is C15H24F2N4O3. The number of halogens is 2. The molecule has 0 aliphatic carbocycles. The summed E-state index contributed by atoms with van der Waals surface area (Å²) in [4.78, 5) is 29.3. The summed E-state index contributed by atoms with van der Waals surface area (Å²) < 4.78 is 31.0. The first kappa shape index (κ1) is 20.0. The second-order valence-electron chi connectivity index (χ2n) is 5.65. The summed E-state index contributed by atoms with van der Waals surface area (Å²) in [5.74, 6) is -0.812. The maximum absolute atomic E-state index is 12.8. The van der Waals surface area contributed by atoms with Gasteiger partial charge in [-0.2, -0.15) is 8.78 Å². The molecule has 1 aromatic rings.